The first kappa shape index (κ1) is 12.2. The molecule has 1 amide bonds. The highest BCUT2D eigenvalue weighted by atomic mass is 32.2. The molecule has 2 N–H and O–H groups in total. The maximum Gasteiger partial charge on any atom is 0.230 e. The summed E-state index contributed by atoms with van der Waals surface area (Å²) in [6.07, 6.45) is 0. The van der Waals surface area contributed by atoms with Crippen LogP contribution in [0.5, 0.6) is 0 Å². The first-order chi connectivity index (χ1) is 6.02. The molecule has 0 fully saturated rings. The van der Waals surface area contributed by atoms with Crippen LogP contribution in [0, 0.1) is 5.41 Å². The fraction of sp³-hybridized carbons (Fsp3) is 0.625. The Morgan fingerprint density at radius 1 is 1.31 bits per heavy atom. The van der Waals surface area contributed by atoms with Crippen molar-refractivity contribution in [1.82, 2.24) is 5.32 Å². The largest absolute Gasteiger partial charge is 0.348 e. The molecule has 4 nitrogen and oxygen atoms in total. The SMILES string of the molecule is CC(=N)CSCC(=O)NCC(C)=O. The smallest absolute Gasteiger partial charge is 0.230 e. The highest BCUT2D eigenvalue weighted by Gasteiger charge is 2.01. The van der Waals surface area contributed by atoms with E-state index in [-0.39, 0.29) is 18.2 Å². The lowest BCUT2D eigenvalue weighted by Gasteiger charge is -2.01. The van der Waals surface area contributed by atoms with E-state index in [0.717, 1.165) is 0 Å². The molecule has 0 saturated carbocycles. The second-order valence-corrected chi connectivity index (χ2v) is 3.74. The van der Waals surface area contributed by atoms with Gasteiger partial charge in [0.2, 0.25) is 5.91 Å². The van der Waals surface area contributed by atoms with E-state index in [4.69, 9.17) is 5.41 Å². The molecule has 0 unspecified atom stereocenters. The number of rotatable bonds is 6. The van der Waals surface area contributed by atoms with E-state index in [1.807, 2.05) is 0 Å². The quantitative estimate of drug-likeness (QED) is 0.615. The van der Waals surface area contributed by atoms with Gasteiger partial charge in [0.1, 0.15) is 5.78 Å². The van der Waals surface area contributed by atoms with Crippen LogP contribution in [0.25, 0.3) is 0 Å². The lowest BCUT2D eigenvalue weighted by Crippen LogP contribution is -2.29. The third kappa shape index (κ3) is 9.07. The van der Waals surface area contributed by atoms with Crippen LogP contribution >= 0.6 is 11.8 Å². The summed E-state index contributed by atoms with van der Waals surface area (Å²) in [6, 6.07) is 0. The average Bonchev–Trinajstić information content (AvgIpc) is 2.00. The summed E-state index contributed by atoms with van der Waals surface area (Å²) in [4.78, 5) is 21.4. The van der Waals surface area contributed by atoms with Gasteiger partial charge in [-0.15, -0.1) is 11.8 Å². The first-order valence-corrected chi connectivity index (χ1v) is 5.05. The number of nitrogens with one attached hydrogen (secondary N) is 2. The number of carbonyl (C=O) groups is 2. The predicted molar refractivity (Wildman–Crippen MR) is 54.4 cm³/mol. The fourth-order valence-electron chi connectivity index (χ4n) is 0.571. The second-order valence-electron chi connectivity index (χ2n) is 2.75. The number of thioether (sulfide) groups is 1. The van der Waals surface area contributed by atoms with Crippen molar-refractivity contribution in [1.29, 1.82) is 5.41 Å². The Hall–Kier alpha value is -0.840. The number of Topliss-reactive ketones (excluding diaryl/α,β-unsaturated/α-hetero) is 1. The van der Waals surface area contributed by atoms with E-state index < -0.39 is 0 Å². The number of hydrogen-bond donors (Lipinski definition) is 2. The Bertz CT molecular complexity index is 216. The monoisotopic (exact) mass is 202 g/mol. The van der Waals surface area contributed by atoms with Crippen LogP contribution < -0.4 is 5.32 Å². The molecule has 0 atom stereocenters. The second kappa shape index (κ2) is 6.65. The zero-order valence-electron chi connectivity index (χ0n) is 7.85. The van der Waals surface area contributed by atoms with Crippen molar-refractivity contribution in [2.45, 2.75) is 13.8 Å². The minimum absolute atomic E-state index is 0.0541. The van der Waals surface area contributed by atoms with Crippen molar-refractivity contribution in [3.63, 3.8) is 0 Å². The number of amides is 1. The minimum atomic E-state index is -0.151. The van der Waals surface area contributed by atoms with Crippen LogP contribution in [-0.2, 0) is 9.59 Å². The Balaban J connectivity index is 3.41. The number of hydrogen-bond acceptors (Lipinski definition) is 4. The number of ketones is 1. The maximum absolute atomic E-state index is 11.0. The molecule has 0 rings (SSSR count). The summed E-state index contributed by atoms with van der Waals surface area (Å²) in [5.41, 5.74) is 0.546. The van der Waals surface area contributed by atoms with Gasteiger partial charge in [0.05, 0.1) is 12.3 Å². The van der Waals surface area contributed by atoms with Crippen molar-refractivity contribution in [3.8, 4) is 0 Å². The van der Waals surface area contributed by atoms with Crippen LogP contribution in [0.2, 0.25) is 0 Å². The first-order valence-electron chi connectivity index (χ1n) is 3.90. The highest BCUT2D eigenvalue weighted by Crippen LogP contribution is 1.98. The van der Waals surface area contributed by atoms with Gasteiger partial charge in [-0.3, -0.25) is 9.59 Å². The zero-order valence-corrected chi connectivity index (χ0v) is 8.66. The molecule has 0 saturated heterocycles. The van der Waals surface area contributed by atoms with E-state index in [9.17, 15) is 9.59 Å². The minimum Gasteiger partial charge on any atom is -0.348 e. The molecule has 0 aliphatic rings. The summed E-state index contributed by atoms with van der Waals surface area (Å²) in [5.74, 6) is 0.666. The molecular weight excluding hydrogens is 188 g/mol. The Kier molecular flexibility index (Phi) is 6.22. The van der Waals surface area contributed by atoms with Gasteiger partial charge in [0.25, 0.3) is 0 Å². The average molecular weight is 202 g/mol. The molecule has 0 aromatic rings. The lowest BCUT2D eigenvalue weighted by molar-refractivity contribution is -0.122. The van der Waals surface area contributed by atoms with Crippen LogP contribution in [0.3, 0.4) is 0 Å². The summed E-state index contributed by atoms with van der Waals surface area (Å²) < 4.78 is 0. The standard InChI is InChI=1S/C8H14N2O2S/c1-6(9)4-13-5-8(12)10-3-7(2)11/h9H,3-5H2,1-2H3,(H,10,12). The highest BCUT2D eigenvalue weighted by molar-refractivity contribution is 8.00. The van der Waals surface area contributed by atoms with Crippen molar-refractivity contribution >= 4 is 29.2 Å². The predicted octanol–water partition coefficient (Wildman–Crippen LogP) is 0.464. The van der Waals surface area contributed by atoms with Crippen LogP contribution in [0.15, 0.2) is 0 Å². The molecular formula is C8H14N2O2S. The van der Waals surface area contributed by atoms with Crippen LogP contribution in [0.1, 0.15) is 13.8 Å². The maximum atomic E-state index is 11.0. The molecule has 0 aliphatic heterocycles. The van der Waals surface area contributed by atoms with Gasteiger partial charge in [-0.1, -0.05) is 0 Å². The van der Waals surface area contributed by atoms with E-state index >= 15 is 0 Å². The third-order valence-corrected chi connectivity index (χ3v) is 2.19. The van der Waals surface area contributed by atoms with Gasteiger partial charge in [-0.05, 0) is 13.8 Å². The molecule has 0 bridgehead atoms. The van der Waals surface area contributed by atoms with E-state index in [1.54, 1.807) is 6.92 Å². The summed E-state index contributed by atoms with van der Waals surface area (Å²) >= 11 is 1.37. The van der Waals surface area contributed by atoms with E-state index in [1.165, 1.54) is 18.7 Å². The topological polar surface area (TPSA) is 70.0 Å². The van der Waals surface area contributed by atoms with Crippen molar-refractivity contribution in [2.24, 2.45) is 0 Å². The zero-order chi connectivity index (χ0) is 10.3. The summed E-state index contributed by atoms with van der Waals surface area (Å²) in [7, 11) is 0. The summed E-state index contributed by atoms with van der Waals surface area (Å²) in [6.45, 7) is 3.22. The normalized spacial score (nSPS) is 9.38. The molecule has 0 heterocycles. The molecule has 0 spiro atoms. The van der Waals surface area contributed by atoms with Crippen molar-refractivity contribution < 1.29 is 9.59 Å². The van der Waals surface area contributed by atoms with Crippen LogP contribution in [0.4, 0.5) is 0 Å². The van der Waals surface area contributed by atoms with E-state index in [0.29, 0.717) is 17.2 Å². The van der Waals surface area contributed by atoms with Gasteiger partial charge < -0.3 is 10.7 Å². The van der Waals surface area contributed by atoms with Crippen LogP contribution in [-0.4, -0.2) is 35.5 Å². The van der Waals surface area contributed by atoms with Crippen molar-refractivity contribution in [2.75, 3.05) is 18.1 Å². The molecule has 5 heteroatoms. The fourth-order valence-corrected chi connectivity index (χ4v) is 1.27. The lowest BCUT2D eigenvalue weighted by atomic mass is 10.4. The summed E-state index contributed by atoms with van der Waals surface area (Å²) in [5, 5.41) is 9.58. The van der Waals surface area contributed by atoms with E-state index in [2.05, 4.69) is 5.32 Å². The van der Waals surface area contributed by atoms with Gasteiger partial charge in [-0.25, -0.2) is 0 Å². The Morgan fingerprint density at radius 2 is 1.92 bits per heavy atom. The van der Waals surface area contributed by atoms with Gasteiger partial charge >= 0.3 is 0 Å². The molecule has 0 radical (unpaired) electrons. The van der Waals surface area contributed by atoms with Gasteiger partial charge in [0, 0.05) is 11.5 Å². The van der Waals surface area contributed by atoms with Gasteiger partial charge in [0.15, 0.2) is 0 Å². The molecule has 0 aliphatic carbocycles. The van der Waals surface area contributed by atoms with Gasteiger partial charge in [-0.2, -0.15) is 0 Å². The number of carbonyl (C=O) groups excluding carboxylic acids is 2. The molecule has 0 aromatic heterocycles. The molecule has 74 valence electrons. The molecule has 13 heavy (non-hydrogen) atoms. The Labute approximate surface area is 82.0 Å². The van der Waals surface area contributed by atoms with Crippen molar-refractivity contribution in [3.05, 3.63) is 0 Å². The Morgan fingerprint density at radius 3 is 2.38 bits per heavy atom. The third-order valence-electron chi connectivity index (χ3n) is 1.09. The molecule has 0 aromatic carbocycles.